The maximum absolute atomic E-state index is 12.5. The fourth-order valence-electron chi connectivity index (χ4n) is 1.56. The lowest BCUT2D eigenvalue weighted by Gasteiger charge is -2.02. The summed E-state index contributed by atoms with van der Waals surface area (Å²) in [5, 5.41) is 0.288. The van der Waals surface area contributed by atoms with E-state index in [-0.39, 0.29) is 11.1 Å². The number of alkyl halides is 3. The van der Waals surface area contributed by atoms with Crippen LogP contribution in [-0.2, 0) is 16.2 Å². The highest BCUT2D eigenvalue weighted by Crippen LogP contribution is 2.31. The molecular formula is C10H9F3N2O2S. The molecule has 4 nitrogen and oxygen atoms in total. The molecule has 98 valence electrons. The SMILES string of the molecule is CS(=O)(=O)Nc1ccc2[nH]c(C(F)(F)F)cc2c1. The molecule has 18 heavy (non-hydrogen) atoms. The third kappa shape index (κ3) is 2.76. The zero-order valence-electron chi connectivity index (χ0n) is 9.17. The minimum atomic E-state index is -4.45. The van der Waals surface area contributed by atoms with Gasteiger partial charge in [-0.05, 0) is 24.3 Å². The van der Waals surface area contributed by atoms with Gasteiger partial charge in [0.05, 0.1) is 6.26 Å². The number of fused-ring (bicyclic) bond motifs is 1. The van der Waals surface area contributed by atoms with Gasteiger partial charge in [-0.2, -0.15) is 13.2 Å². The predicted molar refractivity (Wildman–Crippen MR) is 61.8 cm³/mol. The Morgan fingerprint density at radius 1 is 1.22 bits per heavy atom. The fourth-order valence-corrected chi connectivity index (χ4v) is 2.12. The van der Waals surface area contributed by atoms with E-state index < -0.39 is 21.9 Å². The number of benzene rings is 1. The molecule has 0 saturated carbocycles. The molecule has 0 spiro atoms. The van der Waals surface area contributed by atoms with E-state index >= 15 is 0 Å². The standard InChI is InChI=1S/C10H9F3N2O2S/c1-18(16,17)15-7-2-3-8-6(4-7)5-9(14-8)10(11,12)13/h2-5,14-15H,1H3. The van der Waals surface area contributed by atoms with Crippen LogP contribution in [0.5, 0.6) is 0 Å². The predicted octanol–water partition coefficient (Wildman–Crippen LogP) is 2.56. The number of hydrogen-bond acceptors (Lipinski definition) is 2. The number of halogens is 3. The van der Waals surface area contributed by atoms with E-state index in [0.29, 0.717) is 5.52 Å². The summed E-state index contributed by atoms with van der Waals surface area (Å²) < 4.78 is 61.6. The second-order valence-corrected chi connectivity index (χ2v) is 5.61. The van der Waals surface area contributed by atoms with Crippen LogP contribution in [0.2, 0.25) is 0 Å². The summed E-state index contributed by atoms with van der Waals surface area (Å²) in [5.74, 6) is 0. The number of aromatic amines is 1. The van der Waals surface area contributed by atoms with Crippen LogP contribution in [0.4, 0.5) is 18.9 Å². The van der Waals surface area contributed by atoms with Gasteiger partial charge in [0.15, 0.2) is 0 Å². The van der Waals surface area contributed by atoms with Gasteiger partial charge in [-0.15, -0.1) is 0 Å². The van der Waals surface area contributed by atoms with Crippen LogP contribution < -0.4 is 4.72 Å². The average Bonchev–Trinajstić information content (AvgIpc) is 2.57. The summed E-state index contributed by atoms with van der Waals surface area (Å²) in [6.45, 7) is 0. The summed E-state index contributed by atoms with van der Waals surface area (Å²) in [5.41, 5.74) is -0.354. The third-order valence-electron chi connectivity index (χ3n) is 2.23. The molecule has 0 bridgehead atoms. The van der Waals surface area contributed by atoms with Gasteiger partial charge in [-0.3, -0.25) is 4.72 Å². The average molecular weight is 278 g/mol. The molecule has 8 heteroatoms. The lowest BCUT2D eigenvalue weighted by atomic mass is 10.2. The molecule has 1 aromatic carbocycles. The molecule has 1 heterocycles. The van der Waals surface area contributed by atoms with Crippen LogP contribution in [0.15, 0.2) is 24.3 Å². The second-order valence-electron chi connectivity index (χ2n) is 3.86. The highest BCUT2D eigenvalue weighted by atomic mass is 32.2. The summed E-state index contributed by atoms with van der Waals surface area (Å²) in [6, 6.07) is 5.04. The molecule has 2 N–H and O–H groups in total. The third-order valence-corrected chi connectivity index (χ3v) is 2.84. The highest BCUT2D eigenvalue weighted by molar-refractivity contribution is 7.92. The molecule has 0 saturated heterocycles. The molecule has 0 aliphatic rings. The van der Waals surface area contributed by atoms with Crippen molar-refractivity contribution in [3.05, 3.63) is 30.0 Å². The number of nitrogens with one attached hydrogen (secondary N) is 2. The Bertz CT molecular complexity index is 689. The minimum Gasteiger partial charge on any atom is -0.351 e. The Hall–Kier alpha value is -1.70. The Morgan fingerprint density at radius 2 is 1.89 bits per heavy atom. The summed E-state index contributed by atoms with van der Waals surface area (Å²) in [6.07, 6.45) is -3.49. The van der Waals surface area contributed by atoms with E-state index in [1.807, 2.05) is 0 Å². The van der Waals surface area contributed by atoms with E-state index in [1.165, 1.54) is 18.2 Å². The van der Waals surface area contributed by atoms with Gasteiger partial charge in [-0.25, -0.2) is 8.42 Å². The summed E-state index contributed by atoms with van der Waals surface area (Å²) in [7, 11) is -3.45. The van der Waals surface area contributed by atoms with Gasteiger partial charge in [0, 0.05) is 16.6 Å². The lowest BCUT2D eigenvalue weighted by Crippen LogP contribution is -2.09. The lowest BCUT2D eigenvalue weighted by molar-refractivity contribution is -0.140. The molecule has 0 fully saturated rings. The highest BCUT2D eigenvalue weighted by Gasteiger charge is 2.32. The monoisotopic (exact) mass is 278 g/mol. The van der Waals surface area contributed by atoms with Crippen molar-refractivity contribution in [3.8, 4) is 0 Å². The molecule has 0 aliphatic heterocycles. The van der Waals surface area contributed by atoms with Crippen molar-refractivity contribution >= 4 is 26.6 Å². The van der Waals surface area contributed by atoms with Crippen molar-refractivity contribution in [3.63, 3.8) is 0 Å². The van der Waals surface area contributed by atoms with Gasteiger partial charge < -0.3 is 4.98 Å². The largest absolute Gasteiger partial charge is 0.431 e. The second kappa shape index (κ2) is 3.91. The first-order chi connectivity index (χ1) is 8.15. The van der Waals surface area contributed by atoms with Crippen LogP contribution in [0, 0.1) is 0 Å². The van der Waals surface area contributed by atoms with E-state index in [4.69, 9.17) is 0 Å². The first-order valence-corrected chi connectivity index (χ1v) is 6.72. The van der Waals surface area contributed by atoms with Gasteiger partial charge >= 0.3 is 6.18 Å². The molecule has 0 amide bonds. The minimum absolute atomic E-state index is 0.220. The molecule has 0 aliphatic carbocycles. The van der Waals surface area contributed by atoms with Gasteiger partial charge in [0.1, 0.15) is 5.69 Å². The Morgan fingerprint density at radius 3 is 2.44 bits per heavy atom. The van der Waals surface area contributed by atoms with Crippen molar-refractivity contribution in [1.29, 1.82) is 0 Å². The number of rotatable bonds is 2. The maximum Gasteiger partial charge on any atom is 0.431 e. The van der Waals surface area contributed by atoms with Crippen molar-refractivity contribution in [2.24, 2.45) is 0 Å². The van der Waals surface area contributed by atoms with Crippen LogP contribution in [0.1, 0.15) is 5.69 Å². The van der Waals surface area contributed by atoms with Crippen LogP contribution in [-0.4, -0.2) is 19.7 Å². The fraction of sp³-hybridized carbons (Fsp3) is 0.200. The molecular weight excluding hydrogens is 269 g/mol. The van der Waals surface area contributed by atoms with Gasteiger partial charge in [-0.1, -0.05) is 0 Å². The molecule has 0 radical (unpaired) electrons. The van der Waals surface area contributed by atoms with Crippen molar-refractivity contribution in [2.45, 2.75) is 6.18 Å². The Labute approximate surface area is 101 Å². The Kier molecular flexibility index (Phi) is 2.77. The zero-order chi connectivity index (χ0) is 13.6. The number of sulfonamides is 1. The summed E-state index contributed by atoms with van der Waals surface area (Å²) in [4.78, 5) is 2.22. The smallest absolute Gasteiger partial charge is 0.351 e. The molecule has 2 aromatic rings. The van der Waals surface area contributed by atoms with Crippen molar-refractivity contribution in [1.82, 2.24) is 4.98 Å². The first kappa shape index (κ1) is 12.7. The van der Waals surface area contributed by atoms with Crippen LogP contribution >= 0.6 is 0 Å². The van der Waals surface area contributed by atoms with E-state index in [9.17, 15) is 21.6 Å². The van der Waals surface area contributed by atoms with E-state index in [2.05, 4.69) is 9.71 Å². The zero-order valence-corrected chi connectivity index (χ0v) is 9.98. The molecule has 2 rings (SSSR count). The first-order valence-electron chi connectivity index (χ1n) is 4.83. The number of hydrogen-bond donors (Lipinski definition) is 2. The van der Waals surface area contributed by atoms with Gasteiger partial charge in [0.25, 0.3) is 0 Å². The topological polar surface area (TPSA) is 62.0 Å². The molecule has 0 atom stereocenters. The van der Waals surface area contributed by atoms with Crippen molar-refractivity contribution in [2.75, 3.05) is 11.0 Å². The summed E-state index contributed by atoms with van der Waals surface area (Å²) >= 11 is 0. The van der Waals surface area contributed by atoms with Crippen LogP contribution in [0.3, 0.4) is 0 Å². The van der Waals surface area contributed by atoms with E-state index in [0.717, 1.165) is 12.3 Å². The normalized spacial score (nSPS) is 12.9. The van der Waals surface area contributed by atoms with E-state index in [1.54, 1.807) is 0 Å². The number of anilines is 1. The quantitative estimate of drug-likeness (QED) is 0.886. The van der Waals surface area contributed by atoms with Gasteiger partial charge in [0.2, 0.25) is 10.0 Å². The Balaban J connectivity index is 2.46. The number of aromatic nitrogens is 1. The molecule has 1 aromatic heterocycles. The van der Waals surface area contributed by atoms with Crippen molar-refractivity contribution < 1.29 is 21.6 Å². The maximum atomic E-state index is 12.5. The molecule has 0 unspecified atom stereocenters. The number of H-pyrrole nitrogens is 1. The van der Waals surface area contributed by atoms with Crippen LogP contribution in [0.25, 0.3) is 10.9 Å².